The Morgan fingerprint density at radius 3 is 2.46 bits per heavy atom. The van der Waals surface area contributed by atoms with Crippen LogP contribution in [0.4, 0.5) is 4.79 Å². The third-order valence-electron chi connectivity index (χ3n) is 4.61. The molecule has 1 aromatic carbocycles. The Kier molecular flexibility index (Phi) is 7.51. The van der Waals surface area contributed by atoms with Crippen molar-refractivity contribution >= 4 is 12.1 Å². The highest BCUT2D eigenvalue weighted by atomic mass is 16.7. The lowest BCUT2D eigenvalue weighted by atomic mass is 10.1. The average Bonchev–Trinajstić information content (AvgIpc) is 3.08. The second kappa shape index (κ2) is 9.64. The number of nitrogens with two attached hydrogens (primary N) is 1. The summed E-state index contributed by atoms with van der Waals surface area (Å²) in [5.41, 5.74) is 6.77. The van der Waals surface area contributed by atoms with Crippen LogP contribution in [0.3, 0.4) is 0 Å². The summed E-state index contributed by atoms with van der Waals surface area (Å²) in [6, 6.07) is 4.83. The summed E-state index contributed by atoms with van der Waals surface area (Å²) < 4.78 is 21.1. The maximum atomic E-state index is 12.5. The standard InChI is InChI=1S/C20H30N2O6/c1-6-22(20(24)28-14(5)27-19(23)18(21)12(2)3)13(4)9-15-7-8-16-17(10-15)26-11-25-16/h7-8,10,12-14,18H,6,9,11,21H2,1-5H3. The van der Waals surface area contributed by atoms with Gasteiger partial charge in [0, 0.05) is 19.5 Å². The minimum atomic E-state index is -1.02. The van der Waals surface area contributed by atoms with Crippen LogP contribution in [0.15, 0.2) is 18.2 Å². The Labute approximate surface area is 165 Å². The van der Waals surface area contributed by atoms with Crippen LogP contribution in [0.2, 0.25) is 0 Å². The number of nitrogens with zero attached hydrogens (tertiary/aromatic N) is 1. The fraction of sp³-hybridized carbons (Fsp3) is 0.600. The predicted molar refractivity (Wildman–Crippen MR) is 103 cm³/mol. The van der Waals surface area contributed by atoms with Gasteiger partial charge < -0.3 is 29.6 Å². The van der Waals surface area contributed by atoms with E-state index >= 15 is 0 Å². The van der Waals surface area contributed by atoms with Crippen LogP contribution in [0, 0.1) is 5.92 Å². The van der Waals surface area contributed by atoms with Gasteiger partial charge in [-0.05, 0) is 43.9 Å². The van der Waals surface area contributed by atoms with E-state index in [1.54, 1.807) is 4.90 Å². The van der Waals surface area contributed by atoms with Crippen molar-refractivity contribution in [1.29, 1.82) is 0 Å². The quantitative estimate of drug-likeness (QED) is 0.534. The number of ether oxygens (including phenoxy) is 4. The lowest BCUT2D eigenvalue weighted by Crippen LogP contribution is -2.43. The first-order chi connectivity index (χ1) is 13.2. The number of likely N-dealkylation sites (N-methyl/N-ethyl adjacent to an activating group) is 1. The summed E-state index contributed by atoms with van der Waals surface area (Å²) in [6.45, 7) is 9.61. The third kappa shape index (κ3) is 5.51. The number of amides is 1. The highest BCUT2D eigenvalue weighted by Crippen LogP contribution is 2.33. The molecule has 1 heterocycles. The third-order valence-corrected chi connectivity index (χ3v) is 4.61. The highest BCUT2D eigenvalue weighted by Gasteiger charge is 2.26. The van der Waals surface area contributed by atoms with Crippen molar-refractivity contribution in [3.63, 3.8) is 0 Å². The number of rotatable bonds is 8. The molecule has 0 saturated heterocycles. The van der Waals surface area contributed by atoms with Gasteiger partial charge in [-0.15, -0.1) is 0 Å². The van der Waals surface area contributed by atoms with E-state index in [1.807, 2.05) is 45.9 Å². The minimum Gasteiger partial charge on any atom is -0.454 e. The molecule has 156 valence electrons. The molecule has 28 heavy (non-hydrogen) atoms. The van der Waals surface area contributed by atoms with Crippen LogP contribution in [0.5, 0.6) is 11.5 Å². The van der Waals surface area contributed by atoms with Crippen LogP contribution in [-0.2, 0) is 20.7 Å². The number of benzene rings is 1. The van der Waals surface area contributed by atoms with Gasteiger partial charge in [0.25, 0.3) is 0 Å². The molecule has 1 aliphatic rings. The number of esters is 1. The van der Waals surface area contributed by atoms with E-state index in [0.29, 0.717) is 18.7 Å². The van der Waals surface area contributed by atoms with Crippen LogP contribution in [0.1, 0.15) is 40.2 Å². The SMILES string of the molecule is CCN(C(=O)OC(C)OC(=O)C(N)C(C)C)C(C)Cc1ccc2c(c1)OCO2. The number of carbonyl (C=O) groups excluding carboxylic acids is 2. The Hall–Kier alpha value is -2.48. The van der Waals surface area contributed by atoms with Gasteiger partial charge in [-0.1, -0.05) is 19.9 Å². The van der Waals surface area contributed by atoms with Gasteiger partial charge in [-0.3, -0.25) is 4.79 Å². The molecule has 1 aromatic rings. The summed E-state index contributed by atoms with van der Waals surface area (Å²) in [7, 11) is 0. The van der Waals surface area contributed by atoms with Crippen molar-refractivity contribution in [2.75, 3.05) is 13.3 Å². The summed E-state index contributed by atoms with van der Waals surface area (Å²) in [5, 5.41) is 0. The van der Waals surface area contributed by atoms with Gasteiger partial charge >= 0.3 is 12.1 Å². The first-order valence-corrected chi connectivity index (χ1v) is 9.54. The Balaban J connectivity index is 1.91. The minimum absolute atomic E-state index is 0.0655. The fourth-order valence-electron chi connectivity index (χ4n) is 2.89. The first-order valence-electron chi connectivity index (χ1n) is 9.54. The molecule has 0 radical (unpaired) electrons. The Morgan fingerprint density at radius 1 is 1.14 bits per heavy atom. The normalized spacial score (nSPS) is 15.7. The van der Waals surface area contributed by atoms with Crippen molar-refractivity contribution in [3.05, 3.63) is 23.8 Å². The molecule has 3 unspecified atom stereocenters. The topological polar surface area (TPSA) is 100 Å². The average molecular weight is 394 g/mol. The number of hydrogen-bond acceptors (Lipinski definition) is 7. The van der Waals surface area contributed by atoms with E-state index in [9.17, 15) is 9.59 Å². The van der Waals surface area contributed by atoms with Crippen molar-refractivity contribution in [3.8, 4) is 11.5 Å². The smallest absolute Gasteiger partial charge is 0.413 e. The summed E-state index contributed by atoms with van der Waals surface area (Å²) in [5.74, 6) is 0.770. The highest BCUT2D eigenvalue weighted by molar-refractivity contribution is 5.76. The summed E-state index contributed by atoms with van der Waals surface area (Å²) in [6.07, 6.45) is -0.947. The summed E-state index contributed by atoms with van der Waals surface area (Å²) in [4.78, 5) is 26.0. The van der Waals surface area contributed by atoms with E-state index < -0.39 is 24.4 Å². The van der Waals surface area contributed by atoms with Crippen LogP contribution in [0.25, 0.3) is 0 Å². The second-order valence-electron chi connectivity index (χ2n) is 7.18. The molecule has 0 aromatic heterocycles. The maximum absolute atomic E-state index is 12.5. The van der Waals surface area contributed by atoms with Gasteiger partial charge in [-0.2, -0.15) is 0 Å². The molecule has 2 N–H and O–H groups in total. The van der Waals surface area contributed by atoms with Crippen molar-refractivity contribution < 1.29 is 28.5 Å². The molecule has 8 nitrogen and oxygen atoms in total. The molecule has 3 atom stereocenters. The predicted octanol–water partition coefficient (Wildman–Crippen LogP) is 2.68. The monoisotopic (exact) mass is 394 g/mol. The van der Waals surface area contributed by atoms with E-state index in [1.165, 1.54) is 6.92 Å². The first kappa shape index (κ1) is 21.8. The summed E-state index contributed by atoms with van der Waals surface area (Å²) >= 11 is 0. The number of carbonyl (C=O) groups is 2. The van der Waals surface area contributed by atoms with E-state index in [-0.39, 0.29) is 18.8 Å². The second-order valence-corrected chi connectivity index (χ2v) is 7.18. The van der Waals surface area contributed by atoms with Crippen LogP contribution >= 0.6 is 0 Å². The molecule has 0 bridgehead atoms. The number of hydrogen-bond donors (Lipinski definition) is 1. The fourth-order valence-corrected chi connectivity index (χ4v) is 2.89. The van der Waals surface area contributed by atoms with Gasteiger partial charge in [0.15, 0.2) is 11.5 Å². The molecule has 1 amide bonds. The Morgan fingerprint density at radius 2 is 1.82 bits per heavy atom. The van der Waals surface area contributed by atoms with Crippen molar-refractivity contribution in [1.82, 2.24) is 4.90 Å². The number of fused-ring (bicyclic) bond motifs is 1. The van der Waals surface area contributed by atoms with Crippen LogP contribution < -0.4 is 15.2 Å². The van der Waals surface area contributed by atoms with E-state index in [0.717, 1.165) is 11.3 Å². The van der Waals surface area contributed by atoms with Gasteiger partial charge in [0.2, 0.25) is 13.1 Å². The largest absolute Gasteiger partial charge is 0.454 e. The van der Waals surface area contributed by atoms with E-state index in [4.69, 9.17) is 24.7 Å². The van der Waals surface area contributed by atoms with Crippen LogP contribution in [-0.4, -0.2) is 48.7 Å². The molecule has 2 rings (SSSR count). The molecule has 8 heteroatoms. The molecular formula is C20H30N2O6. The molecule has 0 spiro atoms. The van der Waals surface area contributed by atoms with Gasteiger partial charge in [0.05, 0.1) is 0 Å². The van der Waals surface area contributed by atoms with Gasteiger partial charge in [-0.25, -0.2) is 4.79 Å². The zero-order valence-corrected chi connectivity index (χ0v) is 17.1. The lowest BCUT2D eigenvalue weighted by Gasteiger charge is -2.29. The maximum Gasteiger partial charge on any atom is 0.413 e. The molecule has 0 fully saturated rings. The van der Waals surface area contributed by atoms with Gasteiger partial charge in [0.1, 0.15) is 6.04 Å². The molecule has 1 aliphatic heterocycles. The molecular weight excluding hydrogens is 364 g/mol. The lowest BCUT2D eigenvalue weighted by molar-refractivity contribution is -0.168. The molecule has 0 aliphatic carbocycles. The zero-order valence-electron chi connectivity index (χ0n) is 17.1. The Bertz CT molecular complexity index is 693. The molecule has 0 saturated carbocycles. The zero-order chi connectivity index (χ0) is 20.8. The van der Waals surface area contributed by atoms with Crippen molar-refractivity contribution in [2.45, 2.75) is 59.4 Å². The van der Waals surface area contributed by atoms with E-state index in [2.05, 4.69) is 0 Å². The van der Waals surface area contributed by atoms with Crippen molar-refractivity contribution in [2.24, 2.45) is 11.7 Å².